The molecule has 3 rings (SSSR count). The molecule has 0 aliphatic carbocycles. The summed E-state index contributed by atoms with van der Waals surface area (Å²) in [4.78, 5) is 43.5. The molecule has 1 fully saturated rings. The molecule has 224 valence electrons. The summed E-state index contributed by atoms with van der Waals surface area (Å²) in [5.74, 6) is -0.788. The van der Waals surface area contributed by atoms with E-state index >= 15 is 0 Å². The number of aromatic nitrogens is 1. The minimum Gasteiger partial charge on any atom is -0.368 e. The maximum Gasteiger partial charge on any atom is 0.270 e. The molecule has 3 unspecified atom stereocenters. The van der Waals surface area contributed by atoms with E-state index in [0.717, 1.165) is 16.7 Å². The number of aryl methyl sites for hydroxylation is 1. The molecule has 2 heterocycles. The second kappa shape index (κ2) is 14.6. The number of rotatable bonds is 12. The number of nitrogens with zero attached hydrogens (tertiary/aromatic N) is 1. The summed E-state index contributed by atoms with van der Waals surface area (Å²) < 4.78 is 40.5. The lowest BCUT2D eigenvalue weighted by atomic mass is 9.93. The molecule has 3 atom stereocenters. The number of halogens is 3. The Morgan fingerprint density at radius 1 is 1.20 bits per heavy atom. The van der Waals surface area contributed by atoms with Gasteiger partial charge in [0, 0.05) is 59.1 Å². The number of amides is 2. The minimum atomic E-state index is -3.08. The lowest BCUT2D eigenvalue weighted by Crippen LogP contribution is -2.53. The molecule has 2 amide bonds. The standard InChI is InChI=1S/C29H38F3N5O3S/c1-6-25(38)34-14-18-11-20(28(39)35-15-21-24(41-5)10-16(3)36-29(21)40)17(4)23(12-18)37(7-2)19-8-9-33-22(13-19)26(30)27(31)32/h6,10-12,19,22,26-27,33H,1,7-9,13-15H2,2-5H3,(H,34,38)(H,35,39)(H,36,40). The lowest BCUT2D eigenvalue weighted by Gasteiger charge is -2.40. The second-order valence-electron chi connectivity index (χ2n) is 10.0. The van der Waals surface area contributed by atoms with E-state index in [1.165, 1.54) is 11.8 Å². The number of H-pyrrole nitrogens is 1. The molecular weight excluding hydrogens is 555 g/mol. The fraction of sp³-hybridized carbons (Fsp3) is 0.483. The Bertz CT molecular complexity index is 1320. The highest BCUT2D eigenvalue weighted by molar-refractivity contribution is 7.98. The fourth-order valence-corrected chi connectivity index (χ4v) is 5.92. The first-order chi connectivity index (χ1) is 19.5. The van der Waals surface area contributed by atoms with Crippen molar-refractivity contribution in [2.24, 2.45) is 0 Å². The molecule has 12 heteroatoms. The van der Waals surface area contributed by atoms with Gasteiger partial charge in [-0.2, -0.15) is 0 Å². The number of nitrogens with one attached hydrogen (secondary N) is 4. The van der Waals surface area contributed by atoms with Gasteiger partial charge in [0.15, 0.2) is 6.17 Å². The molecule has 1 saturated heterocycles. The smallest absolute Gasteiger partial charge is 0.270 e. The number of thioether (sulfide) groups is 1. The number of anilines is 1. The Labute approximate surface area is 242 Å². The molecule has 1 aliphatic rings. The van der Waals surface area contributed by atoms with Crippen LogP contribution in [0.15, 0.2) is 40.5 Å². The number of benzene rings is 1. The van der Waals surface area contributed by atoms with Crippen molar-refractivity contribution in [1.29, 1.82) is 0 Å². The number of pyridine rings is 1. The molecule has 0 spiro atoms. The van der Waals surface area contributed by atoms with Crippen LogP contribution in [0.1, 0.15) is 52.5 Å². The van der Waals surface area contributed by atoms with Crippen molar-refractivity contribution in [2.45, 2.75) is 76.3 Å². The van der Waals surface area contributed by atoms with Crippen molar-refractivity contribution in [1.82, 2.24) is 20.9 Å². The van der Waals surface area contributed by atoms with Crippen LogP contribution in [0.3, 0.4) is 0 Å². The van der Waals surface area contributed by atoms with Crippen molar-refractivity contribution < 1.29 is 22.8 Å². The van der Waals surface area contributed by atoms with Crippen molar-refractivity contribution in [3.05, 3.63) is 69.2 Å². The number of carbonyl (C=O) groups excluding carboxylic acids is 2. The Kier molecular flexibility index (Phi) is 11.5. The first kappa shape index (κ1) is 32.3. The van der Waals surface area contributed by atoms with E-state index < -0.39 is 24.5 Å². The SMILES string of the molecule is C=CC(=O)NCc1cc(C(=O)NCc2c(SC)cc(C)[nH]c2=O)c(C)c(N(CC)C2CCNC(C(F)C(F)F)C2)c1. The largest absolute Gasteiger partial charge is 0.368 e. The van der Waals surface area contributed by atoms with Crippen LogP contribution in [-0.2, 0) is 17.9 Å². The van der Waals surface area contributed by atoms with Gasteiger partial charge in [-0.3, -0.25) is 14.4 Å². The molecule has 8 nitrogen and oxygen atoms in total. The average molecular weight is 594 g/mol. The van der Waals surface area contributed by atoms with Crippen molar-refractivity contribution >= 4 is 29.3 Å². The monoisotopic (exact) mass is 593 g/mol. The highest BCUT2D eigenvalue weighted by Crippen LogP contribution is 2.31. The highest BCUT2D eigenvalue weighted by Gasteiger charge is 2.36. The molecule has 4 N–H and O–H groups in total. The van der Waals surface area contributed by atoms with Crippen molar-refractivity contribution in [3.63, 3.8) is 0 Å². The van der Waals surface area contributed by atoms with E-state index in [9.17, 15) is 27.6 Å². The van der Waals surface area contributed by atoms with E-state index in [-0.39, 0.29) is 37.0 Å². The van der Waals surface area contributed by atoms with Crippen molar-refractivity contribution in [3.8, 4) is 0 Å². The maximum absolute atomic E-state index is 14.2. The minimum absolute atomic E-state index is 0.00973. The summed E-state index contributed by atoms with van der Waals surface area (Å²) in [5, 5.41) is 8.45. The number of hydrogen-bond acceptors (Lipinski definition) is 6. The van der Waals surface area contributed by atoms with Crippen molar-refractivity contribution in [2.75, 3.05) is 24.2 Å². The van der Waals surface area contributed by atoms with Gasteiger partial charge in [0.05, 0.1) is 0 Å². The molecule has 1 aliphatic heterocycles. The molecule has 2 aromatic rings. The van der Waals surface area contributed by atoms with Crippen LogP contribution in [0, 0.1) is 13.8 Å². The zero-order valence-electron chi connectivity index (χ0n) is 23.8. The molecule has 41 heavy (non-hydrogen) atoms. The van der Waals surface area contributed by atoms with Crippen LogP contribution in [0.25, 0.3) is 0 Å². The quantitative estimate of drug-likeness (QED) is 0.219. The van der Waals surface area contributed by atoms with Gasteiger partial charge in [-0.1, -0.05) is 6.58 Å². The fourth-order valence-electron chi connectivity index (χ4n) is 5.21. The summed E-state index contributed by atoms with van der Waals surface area (Å²) in [7, 11) is 0. The third-order valence-electron chi connectivity index (χ3n) is 7.34. The average Bonchev–Trinajstić information content (AvgIpc) is 2.95. The van der Waals surface area contributed by atoms with E-state index in [1.807, 2.05) is 30.2 Å². The van der Waals surface area contributed by atoms with Gasteiger partial charge in [-0.25, -0.2) is 13.2 Å². The normalized spacial score (nSPS) is 17.7. The van der Waals surface area contributed by atoms with Gasteiger partial charge in [-0.05, 0) is 81.8 Å². The Morgan fingerprint density at radius 2 is 1.93 bits per heavy atom. The summed E-state index contributed by atoms with van der Waals surface area (Å²) in [6.07, 6.45) is -1.58. The third-order valence-corrected chi connectivity index (χ3v) is 8.14. The van der Waals surface area contributed by atoms with E-state index in [1.54, 1.807) is 19.9 Å². The zero-order chi connectivity index (χ0) is 30.3. The Hall–Kier alpha value is -3.25. The number of carbonyl (C=O) groups is 2. The molecule has 0 saturated carbocycles. The van der Waals surface area contributed by atoms with Crippen LogP contribution in [-0.4, -0.2) is 60.8 Å². The molecule has 0 bridgehead atoms. The first-order valence-electron chi connectivity index (χ1n) is 13.5. The molecule has 1 aromatic carbocycles. The maximum atomic E-state index is 14.2. The van der Waals surface area contributed by atoms with Gasteiger partial charge in [0.1, 0.15) is 0 Å². The van der Waals surface area contributed by atoms with Crippen LogP contribution >= 0.6 is 11.8 Å². The lowest BCUT2D eigenvalue weighted by molar-refractivity contribution is -0.116. The van der Waals surface area contributed by atoms with Gasteiger partial charge in [0.25, 0.3) is 17.9 Å². The number of alkyl halides is 3. The van der Waals surface area contributed by atoms with Crippen LogP contribution in [0.4, 0.5) is 18.9 Å². The Balaban J connectivity index is 1.97. The van der Waals surface area contributed by atoms with E-state index in [0.29, 0.717) is 47.5 Å². The van der Waals surface area contributed by atoms with E-state index in [4.69, 9.17) is 0 Å². The molecular formula is C29H38F3N5O3S. The molecule has 1 aromatic heterocycles. The summed E-state index contributed by atoms with van der Waals surface area (Å²) >= 11 is 1.41. The zero-order valence-corrected chi connectivity index (χ0v) is 24.6. The second-order valence-corrected chi connectivity index (χ2v) is 10.9. The first-order valence-corrected chi connectivity index (χ1v) is 14.7. The summed E-state index contributed by atoms with van der Waals surface area (Å²) in [5.41, 5.74) is 3.21. The topological polar surface area (TPSA) is 106 Å². The number of aromatic amines is 1. The predicted octanol–water partition coefficient (Wildman–Crippen LogP) is 4.00. The number of piperidine rings is 1. The third kappa shape index (κ3) is 7.94. The van der Waals surface area contributed by atoms with Gasteiger partial charge in [-0.15, -0.1) is 11.8 Å². The van der Waals surface area contributed by atoms with E-state index in [2.05, 4.69) is 27.5 Å². The summed E-state index contributed by atoms with van der Waals surface area (Å²) in [6, 6.07) is 4.15. The van der Waals surface area contributed by atoms with Gasteiger partial charge in [0.2, 0.25) is 5.91 Å². The van der Waals surface area contributed by atoms with Crippen LogP contribution in [0.2, 0.25) is 0 Å². The molecule has 0 radical (unpaired) electrons. The Morgan fingerprint density at radius 3 is 2.56 bits per heavy atom. The van der Waals surface area contributed by atoms with Gasteiger partial charge >= 0.3 is 0 Å². The number of hydrogen-bond donors (Lipinski definition) is 4. The van der Waals surface area contributed by atoms with Crippen LogP contribution < -0.4 is 26.4 Å². The summed E-state index contributed by atoms with van der Waals surface area (Å²) in [6.45, 7) is 9.95. The predicted molar refractivity (Wildman–Crippen MR) is 157 cm³/mol. The highest BCUT2D eigenvalue weighted by atomic mass is 32.2. The van der Waals surface area contributed by atoms with Gasteiger partial charge < -0.3 is 25.8 Å². The van der Waals surface area contributed by atoms with Crippen LogP contribution in [0.5, 0.6) is 0 Å².